The minimum atomic E-state index is -0.929. The molecule has 1 saturated heterocycles. The molecule has 1 aliphatic rings. The summed E-state index contributed by atoms with van der Waals surface area (Å²) in [6.07, 6.45) is 1.47. The first-order valence-corrected chi connectivity index (χ1v) is 9.41. The highest BCUT2D eigenvalue weighted by Gasteiger charge is 2.40. The van der Waals surface area contributed by atoms with Crippen molar-refractivity contribution in [2.24, 2.45) is 0 Å². The van der Waals surface area contributed by atoms with Gasteiger partial charge >= 0.3 is 6.09 Å². The molecular weight excluding hydrogens is 344 g/mol. The minimum absolute atomic E-state index is 0.00679. The molecule has 0 spiro atoms. The Kier molecular flexibility index (Phi) is 6.23. The Morgan fingerprint density at radius 3 is 2.33 bits per heavy atom. The molecule has 2 rings (SSSR count). The third-order valence-electron chi connectivity index (χ3n) is 4.81. The maximum atomic E-state index is 13.3. The van der Waals surface area contributed by atoms with Gasteiger partial charge in [-0.25, -0.2) is 4.79 Å². The number of alkyl carbamates (subject to hydrolysis) is 1. The summed E-state index contributed by atoms with van der Waals surface area (Å²) in [6, 6.07) is 5.54. The van der Waals surface area contributed by atoms with Gasteiger partial charge in [-0.05, 0) is 58.2 Å². The topological polar surface area (TPSA) is 96.7 Å². The molecule has 1 fully saturated rings. The van der Waals surface area contributed by atoms with Gasteiger partial charge in [0.2, 0.25) is 5.91 Å². The maximum absolute atomic E-state index is 13.3. The van der Waals surface area contributed by atoms with E-state index in [1.807, 2.05) is 24.0 Å². The SMILES string of the molecule is CNc1ccc(C(C)(CNC(=O)OC(C)(C)C)C(=O)N2CCCC2)cc1N. The molecule has 4 N–H and O–H groups in total. The van der Waals surface area contributed by atoms with Crippen LogP contribution < -0.4 is 16.4 Å². The zero-order chi connectivity index (χ0) is 20.2. The summed E-state index contributed by atoms with van der Waals surface area (Å²) in [5, 5.41) is 5.79. The Hall–Kier alpha value is -2.44. The molecule has 0 bridgehead atoms. The number of anilines is 2. The first-order valence-electron chi connectivity index (χ1n) is 9.41. The second-order valence-electron chi connectivity index (χ2n) is 8.24. The number of nitrogens with zero attached hydrogens (tertiary/aromatic N) is 1. The van der Waals surface area contributed by atoms with E-state index in [2.05, 4.69) is 10.6 Å². The number of nitrogen functional groups attached to an aromatic ring is 1. The molecule has 7 nitrogen and oxygen atoms in total. The second kappa shape index (κ2) is 8.06. The first kappa shape index (κ1) is 20.9. The van der Waals surface area contributed by atoms with E-state index in [1.54, 1.807) is 33.9 Å². The zero-order valence-electron chi connectivity index (χ0n) is 17.0. The fourth-order valence-electron chi connectivity index (χ4n) is 3.27. The van der Waals surface area contributed by atoms with Crippen molar-refractivity contribution in [2.45, 2.75) is 51.6 Å². The van der Waals surface area contributed by atoms with Crippen LogP contribution in [0.1, 0.15) is 46.1 Å². The van der Waals surface area contributed by atoms with Gasteiger partial charge in [0.15, 0.2) is 0 Å². The van der Waals surface area contributed by atoms with Gasteiger partial charge in [-0.1, -0.05) is 6.07 Å². The number of hydrogen-bond acceptors (Lipinski definition) is 5. The monoisotopic (exact) mass is 376 g/mol. The fourth-order valence-corrected chi connectivity index (χ4v) is 3.27. The second-order valence-corrected chi connectivity index (χ2v) is 8.24. The van der Waals surface area contributed by atoms with Gasteiger partial charge in [-0.15, -0.1) is 0 Å². The number of ether oxygens (including phenoxy) is 1. The predicted octanol–water partition coefficient (Wildman–Crippen LogP) is 2.72. The molecule has 1 unspecified atom stereocenters. The van der Waals surface area contributed by atoms with E-state index in [0.717, 1.165) is 37.2 Å². The smallest absolute Gasteiger partial charge is 0.407 e. The molecule has 1 aromatic rings. The Morgan fingerprint density at radius 2 is 1.81 bits per heavy atom. The van der Waals surface area contributed by atoms with Crippen LogP contribution in [0.25, 0.3) is 0 Å². The van der Waals surface area contributed by atoms with E-state index in [1.165, 1.54) is 0 Å². The molecule has 0 saturated carbocycles. The highest BCUT2D eigenvalue weighted by molar-refractivity contribution is 5.89. The van der Waals surface area contributed by atoms with Crippen LogP contribution in [0.2, 0.25) is 0 Å². The number of nitrogens with one attached hydrogen (secondary N) is 2. The van der Waals surface area contributed by atoms with Gasteiger partial charge in [-0.2, -0.15) is 0 Å². The first-order chi connectivity index (χ1) is 12.6. The average molecular weight is 377 g/mol. The van der Waals surface area contributed by atoms with Crippen LogP contribution in [0.5, 0.6) is 0 Å². The number of likely N-dealkylation sites (tertiary alicyclic amines) is 1. The van der Waals surface area contributed by atoms with Crippen molar-refractivity contribution in [1.82, 2.24) is 10.2 Å². The van der Waals surface area contributed by atoms with Gasteiger partial charge < -0.3 is 26.0 Å². The number of hydrogen-bond donors (Lipinski definition) is 3. The minimum Gasteiger partial charge on any atom is -0.444 e. The van der Waals surface area contributed by atoms with Gasteiger partial charge in [0.05, 0.1) is 16.8 Å². The summed E-state index contributed by atoms with van der Waals surface area (Å²) in [6.45, 7) is 8.87. The van der Waals surface area contributed by atoms with Gasteiger partial charge in [0.1, 0.15) is 5.60 Å². The summed E-state index contributed by atoms with van der Waals surface area (Å²) in [5.41, 5.74) is 6.73. The van der Waals surface area contributed by atoms with Crippen LogP contribution in [0.3, 0.4) is 0 Å². The molecule has 27 heavy (non-hydrogen) atoms. The number of rotatable bonds is 5. The van der Waals surface area contributed by atoms with Crippen molar-refractivity contribution in [3.05, 3.63) is 23.8 Å². The Labute approximate surface area is 161 Å². The van der Waals surface area contributed by atoms with Crippen LogP contribution in [-0.4, -0.2) is 49.2 Å². The number of benzene rings is 1. The van der Waals surface area contributed by atoms with Crippen molar-refractivity contribution < 1.29 is 14.3 Å². The van der Waals surface area contributed by atoms with Crippen molar-refractivity contribution >= 4 is 23.4 Å². The number of nitrogens with two attached hydrogens (primary N) is 1. The molecule has 0 radical (unpaired) electrons. The van der Waals surface area contributed by atoms with E-state index >= 15 is 0 Å². The molecule has 1 atom stereocenters. The lowest BCUT2D eigenvalue weighted by Crippen LogP contribution is -2.51. The highest BCUT2D eigenvalue weighted by Crippen LogP contribution is 2.31. The zero-order valence-corrected chi connectivity index (χ0v) is 17.0. The van der Waals surface area contributed by atoms with Crippen LogP contribution in [0.15, 0.2) is 18.2 Å². The molecule has 2 amide bonds. The lowest BCUT2D eigenvalue weighted by Gasteiger charge is -2.34. The Balaban J connectivity index is 2.29. The third kappa shape index (κ3) is 5.05. The van der Waals surface area contributed by atoms with Crippen LogP contribution >= 0.6 is 0 Å². The number of carbonyl (C=O) groups is 2. The molecule has 7 heteroatoms. The van der Waals surface area contributed by atoms with E-state index in [4.69, 9.17) is 10.5 Å². The maximum Gasteiger partial charge on any atom is 0.407 e. The van der Waals surface area contributed by atoms with Crippen molar-refractivity contribution in [3.63, 3.8) is 0 Å². The van der Waals surface area contributed by atoms with E-state index in [-0.39, 0.29) is 12.5 Å². The normalized spacial score (nSPS) is 16.6. The summed E-state index contributed by atoms with van der Waals surface area (Å²) < 4.78 is 5.32. The van der Waals surface area contributed by atoms with Gasteiger partial charge in [-0.3, -0.25) is 4.79 Å². The standard InChI is InChI=1S/C20H32N4O3/c1-19(2,3)27-18(26)23-13-20(4,17(25)24-10-6-7-11-24)14-8-9-16(22-5)15(21)12-14/h8-9,12,22H,6-7,10-11,13,21H2,1-5H3,(H,23,26). The van der Waals surface area contributed by atoms with Crippen LogP contribution in [0.4, 0.5) is 16.2 Å². The summed E-state index contributed by atoms with van der Waals surface area (Å²) in [4.78, 5) is 27.3. The molecule has 1 aliphatic heterocycles. The Morgan fingerprint density at radius 1 is 1.19 bits per heavy atom. The predicted molar refractivity (Wildman–Crippen MR) is 108 cm³/mol. The van der Waals surface area contributed by atoms with E-state index in [0.29, 0.717) is 5.69 Å². The van der Waals surface area contributed by atoms with E-state index < -0.39 is 17.1 Å². The summed E-state index contributed by atoms with van der Waals surface area (Å²) >= 11 is 0. The van der Waals surface area contributed by atoms with Crippen LogP contribution in [0, 0.1) is 0 Å². The highest BCUT2D eigenvalue weighted by atomic mass is 16.6. The summed E-state index contributed by atoms with van der Waals surface area (Å²) in [7, 11) is 1.80. The lowest BCUT2D eigenvalue weighted by molar-refractivity contribution is -0.135. The lowest BCUT2D eigenvalue weighted by atomic mass is 9.80. The fraction of sp³-hybridized carbons (Fsp3) is 0.600. The Bertz CT molecular complexity index is 693. The van der Waals surface area contributed by atoms with Crippen molar-refractivity contribution in [1.29, 1.82) is 0 Å². The number of carbonyl (C=O) groups excluding carboxylic acids is 2. The average Bonchev–Trinajstić information content (AvgIpc) is 3.12. The summed E-state index contributed by atoms with van der Waals surface area (Å²) in [5.74, 6) is -0.00679. The van der Waals surface area contributed by atoms with Crippen LogP contribution in [-0.2, 0) is 14.9 Å². The molecule has 1 aromatic carbocycles. The molecule has 150 valence electrons. The quantitative estimate of drug-likeness (QED) is 0.687. The van der Waals surface area contributed by atoms with Crippen molar-refractivity contribution in [3.8, 4) is 0 Å². The van der Waals surface area contributed by atoms with Gasteiger partial charge in [0, 0.05) is 26.7 Å². The molecular formula is C20H32N4O3. The molecule has 0 aliphatic carbocycles. The molecule has 0 aromatic heterocycles. The third-order valence-corrected chi connectivity index (χ3v) is 4.81. The van der Waals surface area contributed by atoms with Crippen molar-refractivity contribution in [2.75, 3.05) is 37.7 Å². The van der Waals surface area contributed by atoms with E-state index in [9.17, 15) is 9.59 Å². The van der Waals surface area contributed by atoms with Gasteiger partial charge in [0.25, 0.3) is 0 Å². The molecule has 1 heterocycles. The largest absolute Gasteiger partial charge is 0.444 e. The number of amides is 2.